The van der Waals surface area contributed by atoms with Gasteiger partial charge in [0.2, 0.25) is 0 Å². The standard InChI is InChI=1S/C23H23NO6/c1-16(2)24(13-17-6-4-3-5-7-17)21(25)14-29-23(27)15-28-19-10-8-18-9-11-22(26)30-20(18)12-19/h3-12,16H,13-15H2,1-2H3. The third kappa shape index (κ3) is 5.70. The van der Waals surface area contributed by atoms with Crippen LogP contribution in [0.2, 0.25) is 0 Å². The molecule has 7 heteroatoms. The first-order chi connectivity index (χ1) is 14.4. The first-order valence-electron chi connectivity index (χ1n) is 9.58. The zero-order chi connectivity index (χ0) is 21.5. The van der Waals surface area contributed by atoms with Crippen molar-refractivity contribution < 1.29 is 23.5 Å². The van der Waals surface area contributed by atoms with Crippen molar-refractivity contribution in [3.63, 3.8) is 0 Å². The zero-order valence-corrected chi connectivity index (χ0v) is 16.9. The maximum absolute atomic E-state index is 12.5. The molecule has 0 aliphatic carbocycles. The molecule has 7 nitrogen and oxygen atoms in total. The van der Waals surface area contributed by atoms with Crippen molar-refractivity contribution in [2.45, 2.75) is 26.4 Å². The fraction of sp³-hybridized carbons (Fsp3) is 0.261. The van der Waals surface area contributed by atoms with Gasteiger partial charge in [0.05, 0.1) is 0 Å². The van der Waals surface area contributed by atoms with E-state index in [2.05, 4.69) is 0 Å². The van der Waals surface area contributed by atoms with Gasteiger partial charge >= 0.3 is 11.6 Å². The van der Waals surface area contributed by atoms with Gasteiger partial charge in [-0.2, -0.15) is 0 Å². The van der Waals surface area contributed by atoms with Crippen LogP contribution in [-0.2, 0) is 20.9 Å². The van der Waals surface area contributed by atoms with Crippen molar-refractivity contribution in [1.82, 2.24) is 4.90 Å². The average Bonchev–Trinajstić information content (AvgIpc) is 2.74. The van der Waals surface area contributed by atoms with Gasteiger partial charge in [0, 0.05) is 30.1 Å². The summed E-state index contributed by atoms with van der Waals surface area (Å²) in [5, 5.41) is 0.738. The molecule has 0 radical (unpaired) electrons. The number of nitrogens with zero attached hydrogens (tertiary/aromatic N) is 1. The second-order valence-electron chi connectivity index (χ2n) is 7.00. The molecule has 0 saturated carbocycles. The number of carbonyl (C=O) groups is 2. The zero-order valence-electron chi connectivity index (χ0n) is 16.9. The molecule has 0 bridgehead atoms. The van der Waals surface area contributed by atoms with E-state index in [1.54, 1.807) is 23.1 Å². The van der Waals surface area contributed by atoms with E-state index < -0.39 is 11.6 Å². The molecule has 156 valence electrons. The Morgan fingerprint density at radius 3 is 2.47 bits per heavy atom. The summed E-state index contributed by atoms with van der Waals surface area (Å²) in [6.45, 7) is 3.53. The minimum atomic E-state index is -0.665. The van der Waals surface area contributed by atoms with E-state index in [0.29, 0.717) is 17.9 Å². The summed E-state index contributed by atoms with van der Waals surface area (Å²) < 4.78 is 15.5. The van der Waals surface area contributed by atoms with Gasteiger partial charge < -0.3 is 18.8 Å². The van der Waals surface area contributed by atoms with Gasteiger partial charge in [-0.15, -0.1) is 0 Å². The molecular formula is C23H23NO6. The van der Waals surface area contributed by atoms with Crippen LogP contribution in [0.15, 0.2) is 69.9 Å². The van der Waals surface area contributed by atoms with Crippen molar-refractivity contribution in [2.24, 2.45) is 0 Å². The van der Waals surface area contributed by atoms with Crippen molar-refractivity contribution in [1.29, 1.82) is 0 Å². The van der Waals surface area contributed by atoms with Crippen LogP contribution in [0.5, 0.6) is 5.75 Å². The number of hydrogen-bond acceptors (Lipinski definition) is 6. The summed E-state index contributed by atoms with van der Waals surface area (Å²) in [6.07, 6.45) is 0. The van der Waals surface area contributed by atoms with E-state index >= 15 is 0 Å². The molecule has 0 unspecified atom stereocenters. The van der Waals surface area contributed by atoms with Gasteiger partial charge in [-0.3, -0.25) is 4.79 Å². The molecule has 0 atom stereocenters. The molecule has 0 fully saturated rings. The molecule has 2 aromatic carbocycles. The van der Waals surface area contributed by atoms with Gasteiger partial charge in [-0.05, 0) is 37.6 Å². The van der Waals surface area contributed by atoms with Crippen LogP contribution in [0.1, 0.15) is 19.4 Å². The highest BCUT2D eigenvalue weighted by Gasteiger charge is 2.19. The minimum absolute atomic E-state index is 0.0417. The Labute approximate surface area is 173 Å². The SMILES string of the molecule is CC(C)N(Cc1ccccc1)C(=O)COC(=O)COc1ccc2ccc(=O)oc2c1. The lowest BCUT2D eigenvalue weighted by Gasteiger charge is -2.26. The Morgan fingerprint density at radius 1 is 1.00 bits per heavy atom. The molecule has 0 aliphatic rings. The van der Waals surface area contributed by atoms with Gasteiger partial charge in [-0.1, -0.05) is 30.3 Å². The highest BCUT2D eigenvalue weighted by atomic mass is 16.6. The largest absolute Gasteiger partial charge is 0.482 e. The molecule has 0 saturated heterocycles. The van der Waals surface area contributed by atoms with E-state index in [-0.39, 0.29) is 25.2 Å². The lowest BCUT2D eigenvalue weighted by atomic mass is 10.2. The molecule has 3 rings (SSSR count). The monoisotopic (exact) mass is 409 g/mol. The molecule has 1 aromatic heterocycles. The Balaban J connectivity index is 1.51. The van der Waals surface area contributed by atoms with Crippen LogP contribution in [0.25, 0.3) is 11.0 Å². The molecule has 0 N–H and O–H groups in total. The molecule has 30 heavy (non-hydrogen) atoms. The summed E-state index contributed by atoms with van der Waals surface area (Å²) in [5.74, 6) is -0.593. The lowest BCUT2D eigenvalue weighted by molar-refractivity contribution is -0.154. The number of benzene rings is 2. The number of rotatable bonds is 8. The lowest BCUT2D eigenvalue weighted by Crippen LogP contribution is -2.39. The maximum Gasteiger partial charge on any atom is 0.344 e. The van der Waals surface area contributed by atoms with E-state index in [4.69, 9.17) is 13.9 Å². The molecule has 1 amide bonds. The molecule has 1 heterocycles. The summed E-state index contributed by atoms with van der Waals surface area (Å²) in [5.41, 5.74) is 0.886. The van der Waals surface area contributed by atoms with E-state index in [0.717, 1.165) is 10.9 Å². The van der Waals surface area contributed by atoms with Crippen molar-refractivity contribution >= 4 is 22.8 Å². The molecule has 3 aromatic rings. The topological polar surface area (TPSA) is 86.0 Å². The van der Waals surface area contributed by atoms with Gasteiger partial charge in [0.15, 0.2) is 13.2 Å². The maximum atomic E-state index is 12.5. The second-order valence-corrected chi connectivity index (χ2v) is 7.00. The first kappa shape index (κ1) is 21.1. The van der Waals surface area contributed by atoms with E-state index in [1.165, 1.54) is 12.1 Å². The number of esters is 1. The van der Waals surface area contributed by atoms with Crippen LogP contribution in [0, 0.1) is 0 Å². The normalized spacial score (nSPS) is 10.8. The second kappa shape index (κ2) is 9.73. The van der Waals surface area contributed by atoms with Crippen molar-refractivity contribution in [3.05, 3.63) is 76.6 Å². The molecule has 0 aliphatic heterocycles. The number of carbonyl (C=O) groups excluding carboxylic acids is 2. The Morgan fingerprint density at radius 2 is 1.73 bits per heavy atom. The number of ether oxygens (including phenoxy) is 2. The van der Waals surface area contributed by atoms with Crippen LogP contribution in [-0.4, -0.2) is 36.0 Å². The van der Waals surface area contributed by atoms with Crippen LogP contribution in [0.4, 0.5) is 0 Å². The van der Waals surface area contributed by atoms with Crippen molar-refractivity contribution in [2.75, 3.05) is 13.2 Å². The molecular weight excluding hydrogens is 386 g/mol. The summed E-state index contributed by atoms with van der Waals surface area (Å²) in [4.78, 5) is 37.5. The van der Waals surface area contributed by atoms with Crippen LogP contribution in [0.3, 0.4) is 0 Å². The summed E-state index contributed by atoms with van der Waals surface area (Å²) in [7, 11) is 0. The summed E-state index contributed by atoms with van der Waals surface area (Å²) in [6, 6.07) is 17.4. The Bertz CT molecular complexity index is 1070. The Hall–Kier alpha value is -3.61. The summed E-state index contributed by atoms with van der Waals surface area (Å²) >= 11 is 0. The van der Waals surface area contributed by atoms with E-state index in [9.17, 15) is 14.4 Å². The first-order valence-corrected chi connectivity index (χ1v) is 9.58. The smallest absolute Gasteiger partial charge is 0.344 e. The Kier molecular flexibility index (Phi) is 6.85. The number of amides is 1. The minimum Gasteiger partial charge on any atom is -0.482 e. The van der Waals surface area contributed by atoms with E-state index in [1.807, 2.05) is 44.2 Å². The number of hydrogen-bond donors (Lipinski definition) is 0. The predicted molar refractivity (Wildman–Crippen MR) is 111 cm³/mol. The molecule has 0 spiro atoms. The average molecular weight is 409 g/mol. The quantitative estimate of drug-likeness (QED) is 0.420. The fourth-order valence-electron chi connectivity index (χ4n) is 2.88. The van der Waals surface area contributed by atoms with Crippen LogP contribution < -0.4 is 10.4 Å². The third-order valence-electron chi connectivity index (χ3n) is 4.45. The predicted octanol–water partition coefficient (Wildman–Crippen LogP) is 3.15. The fourth-order valence-corrected chi connectivity index (χ4v) is 2.88. The third-order valence-corrected chi connectivity index (χ3v) is 4.45. The van der Waals surface area contributed by atoms with Gasteiger partial charge in [0.1, 0.15) is 11.3 Å². The van der Waals surface area contributed by atoms with Crippen LogP contribution >= 0.6 is 0 Å². The highest BCUT2D eigenvalue weighted by Crippen LogP contribution is 2.19. The number of fused-ring (bicyclic) bond motifs is 1. The van der Waals surface area contributed by atoms with Gasteiger partial charge in [0.25, 0.3) is 5.91 Å². The highest BCUT2D eigenvalue weighted by molar-refractivity contribution is 5.81. The van der Waals surface area contributed by atoms with Crippen molar-refractivity contribution in [3.8, 4) is 5.75 Å². The van der Waals surface area contributed by atoms with Gasteiger partial charge in [-0.25, -0.2) is 9.59 Å².